The van der Waals surface area contributed by atoms with Crippen molar-refractivity contribution in [2.75, 3.05) is 0 Å². The maximum atomic E-state index is 13.6. The summed E-state index contributed by atoms with van der Waals surface area (Å²) < 4.78 is 3.29. The van der Waals surface area contributed by atoms with Crippen molar-refractivity contribution in [2.24, 2.45) is 4.99 Å². The van der Waals surface area contributed by atoms with Crippen LogP contribution < -0.4 is 14.9 Å². The second kappa shape index (κ2) is 7.83. The monoisotopic (exact) mass is 568 g/mol. The Balaban J connectivity index is 1.61. The standard InChI is InChI=1S/C25H17IN2O2S2/c26-18-12-14(7-10-19(18)29)13-21-24(30)28-23(20-6-3-11-31-20)17-9-8-15-4-1-2-5-16(15)22(17)27-25(28)32-21/h1-7,10-13,23,29H,8-9H2. The summed E-state index contributed by atoms with van der Waals surface area (Å²) in [4.78, 5) is 20.5. The summed E-state index contributed by atoms with van der Waals surface area (Å²) in [5.74, 6) is 0.244. The van der Waals surface area contributed by atoms with Crippen molar-refractivity contribution in [2.45, 2.75) is 18.9 Å². The van der Waals surface area contributed by atoms with Crippen LogP contribution in [0.25, 0.3) is 11.8 Å². The van der Waals surface area contributed by atoms with Crippen molar-refractivity contribution in [3.63, 3.8) is 0 Å². The normalized spacial score (nSPS) is 17.5. The number of hydrogen-bond donors (Lipinski definition) is 1. The lowest BCUT2D eigenvalue weighted by atomic mass is 9.85. The number of aryl methyl sites for hydroxylation is 1. The Morgan fingerprint density at radius 3 is 2.81 bits per heavy atom. The highest BCUT2D eigenvalue weighted by molar-refractivity contribution is 14.1. The molecule has 4 nitrogen and oxygen atoms in total. The van der Waals surface area contributed by atoms with Gasteiger partial charge >= 0.3 is 0 Å². The Kier molecular flexibility index (Phi) is 4.93. The molecule has 4 aromatic rings. The Bertz CT molecular complexity index is 1580. The molecule has 2 aromatic carbocycles. The molecular formula is C25H17IN2O2S2. The van der Waals surface area contributed by atoms with Crippen LogP contribution >= 0.6 is 45.3 Å². The molecule has 0 amide bonds. The van der Waals surface area contributed by atoms with Crippen molar-refractivity contribution in [3.05, 3.63) is 110 Å². The second-order valence-electron chi connectivity index (χ2n) is 7.84. The highest BCUT2D eigenvalue weighted by Gasteiger charge is 2.32. The Morgan fingerprint density at radius 1 is 1.12 bits per heavy atom. The van der Waals surface area contributed by atoms with E-state index in [1.165, 1.54) is 32.9 Å². The van der Waals surface area contributed by atoms with Gasteiger partial charge in [0.1, 0.15) is 5.75 Å². The largest absolute Gasteiger partial charge is 0.507 e. The number of halogens is 1. The molecule has 0 saturated heterocycles. The highest BCUT2D eigenvalue weighted by atomic mass is 127. The minimum atomic E-state index is -0.114. The maximum Gasteiger partial charge on any atom is 0.271 e. The molecule has 0 saturated carbocycles. The number of phenols is 1. The molecule has 0 spiro atoms. The van der Waals surface area contributed by atoms with E-state index in [2.05, 4.69) is 58.3 Å². The van der Waals surface area contributed by atoms with Crippen LogP contribution in [0.3, 0.4) is 0 Å². The number of allylic oxidation sites excluding steroid dienone is 1. The maximum absolute atomic E-state index is 13.6. The summed E-state index contributed by atoms with van der Waals surface area (Å²) in [6, 6.07) is 17.9. The van der Waals surface area contributed by atoms with Gasteiger partial charge in [-0.3, -0.25) is 9.36 Å². The van der Waals surface area contributed by atoms with Gasteiger partial charge in [-0.15, -0.1) is 11.3 Å². The lowest BCUT2D eigenvalue weighted by molar-refractivity contribution is 0.471. The third-order valence-electron chi connectivity index (χ3n) is 5.96. The van der Waals surface area contributed by atoms with Crippen LogP contribution in [0.15, 0.2) is 75.3 Å². The van der Waals surface area contributed by atoms with E-state index in [-0.39, 0.29) is 17.4 Å². The smallest absolute Gasteiger partial charge is 0.271 e. The second-order valence-corrected chi connectivity index (χ2v) is 11.0. The van der Waals surface area contributed by atoms with Crippen LogP contribution in [0.1, 0.15) is 34.0 Å². The minimum absolute atomic E-state index is 0.0133. The number of nitrogens with zero attached hydrogens (tertiary/aromatic N) is 2. The average Bonchev–Trinajstić information content (AvgIpc) is 3.44. The van der Waals surface area contributed by atoms with Gasteiger partial charge < -0.3 is 5.11 Å². The molecule has 1 unspecified atom stereocenters. The van der Waals surface area contributed by atoms with Crippen LogP contribution in [0, 0.1) is 3.57 Å². The first-order chi connectivity index (χ1) is 15.6. The number of aromatic hydroxyl groups is 1. The molecule has 0 radical (unpaired) electrons. The molecule has 2 aliphatic rings. The average molecular weight is 568 g/mol. The topological polar surface area (TPSA) is 54.6 Å². The fourth-order valence-corrected chi connectivity index (χ4v) is 6.87. The van der Waals surface area contributed by atoms with Crippen molar-refractivity contribution < 1.29 is 5.11 Å². The van der Waals surface area contributed by atoms with Gasteiger partial charge in [-0.25, -0.2) is 4.99 Å². The highest BCUT2D eigenvalue weighted by Crippen LogP contribution is 2.42. The third-order valence-corrected chi connectivity index (χ3v) is 8.73. The molecule has 1 atom stereocenters. The molecule has 7 heteroatoms. The quantitative estimate of drug-likeness (QED) is 0.357. The molecule has 0 bridgehead atoms. The zero-order chi connectivity index (χ0) is 21.8. The minimum Gasteiger partial charge on any atom is -0.507 e. The lowest BCUT2D eigenvalue weighted by Crippen LogP contribution is -2.38. The first kappa shape index (κ1) is 20.1. The van der Waals surface area contributed by atoms with Crippen LogP contribution in [0.4, 0.5) is 0 Å². The van der Waals surface area contributed by atoms with Crippen LogP contribution in [-0.4, -0.2) is 9.67 Å². The molecule has 1 N–H and O–H groups in total. The Labute approximate surface area is 205 Å². The molecule has 6 rings (SSSR count). The summed E-state index contributed by atoms with van der Waals surface area (Å²) >= 11 is 5.21. The van der Waals surface area contributed by atoms with E-state index in [1.807, 2.05) is 28.8 Å². The van der Waals surface area contributed by atoms with E-state index in [0.717, 1.165) is 32.5 Å². The Hall–Kier alpha value is -2.49. The lowest BCUT2D eigenvalue weighted by Gasteiger charge is -2.30. The summed E-state index contributed by atoms with van der Waals surface area (Å²) in [6.07, 6.45) is 3.76. The van der Waals surface area contributed by atoms with E-state index in [4.69, 9.17) is 4.99 Å². The number of thiophene rings is 1. The van der Waals surface area contributed by atoms with Gasteiger partial charge in [0.2, 0.25) is 0 Å². The molecule has 158 valence electrons. The van der Waals surface area contributed by atoms with Gasteiger partial charge in [0.15, 0.2) is 4.80 Å². The van der Waals surface area contributed by atoms with Gasteiger partial charge in [0.25, 0.3) is 5.56 Å². The van der Waals surface area contributed by atoms with E-state index >= 15 is 0 Å². The number of hydrogen-bond acceptors (Lipinski definition) is 5. The van der Waals surface area contributed by atoms with Gasteiger partial charge in [0, 0.05) is 10.4 Å². The summed E-state index contributed by atoms with van der Waals surface area (Å²) in [7, 11) is 0. The number of rotatable bonds is 2. The molecule has 1 aliphatic carbocycles. The summed E-state index contributed by atoms with van der Waals surface area (Å²) in [6.45, 7) is 0. The third kappa shape index (κ3) is 3.22. The first-order valence-corrected chi connectivity index (χ1v) is 13.0. The van der Waals surface area contributed by atoms with E-state index in [1.54, 1.807) is 17.4 Å². The number of fused-ring (bicyclic) bond motifs is 3. The van der Waals surface area contributed by atoms with E-state index in [0.29, 0.717) is 4.53 Å². The van der Waals surface area contributed by atoms with Crippen molar-refractivity contribution in [3.8, 4) is 5.75 Å². The molecule has 1 aliphatic heterocycles. The fraction of sp³-hybridized carbons (Fsp3) is 0.120. The zero-order valence-electron chi connectivity index (χ0n) is 16.8. The van der Waals surface area contributed by atoms with Crippen LogP contribution in [-0.2, 0) is 6.42 Å². The van der Waals surface area contributed by atoms with Crippen molar-refractivity contribution in [1.29, 1.82) is 0 Å². The van der Waals surface area contributed by atoms with Crippen molar-refractivity contribution >= 4 is 57.0 Å². The van der Waals surface area contributed by atoms with Crippen molar-refractivity contribution in [1.82, 2.24) is 4.57 Å². The molecule has 3 heterocycles. The fourth-order valence-electron chi connectivity index (χ4n) is 4.48. The Morgan fingerprint density at radius 2 is 2.00 bits per heavy atom. The SMILES string of the molecule is O=c1c(=Cc2ccc(O)c(I)c2)sc2n1C(c1cccs1)C1=C(N=2)c2ccccc2CC1. The number of phenolic OH excluding ortho intramolecular Hbond substituents is 1. The summed E-state index contributed by atoms with van der Waals surface area (Å²) in [5, 5.41) is 11.9. The molecular weight excluding hydrogens is 551 g/mol. The van der Waals surface area contributed by atoms with E-state index in [9.17, 15) is 9.90 Å². The zero-order valence-corrected chi connectivity index (χ0v) is 20.6. The van der Waals surface area contributed by atoms with Crippen LogP contribution in [0.5, 0.6) is 5.75 Å². The molecule has 0 fully saturated rings. The summed E-state index contributed by atoms with van der Waals surface area (Å²) in [5.41, 5.74) is 5.63. The van der Waals surface area contributed by atoms with E-state index < -0.39 is 0 Å². The van der Waals surface area contributed by atoms with Gasteiger partial charge in [0.05, 0.1) is 19.8 Å². The predicted octanol–water partition coefficient (Wildman–Crippen LogP) is 4.69. The number of benzene rings is 2. The van der Waals surface area contributed by atoms with Gasteiger partial charge in [-0.2, -0.15) is 0 Å². The molecule has 2 aromatic heterocycles. The molecule has 32 heavy (non-hydrogen) atoms. The van der Waals surface area contributed by atoms with Crippen LogP contribution in [0.2, 0.25) is 0 Å². The van der Waals surface area contributed by atoms with Gasteiger partial charge in [-0.05, 0) is 81.8 Å². The number of aromatic nitrogens is 1. The number of thiazole rings is 1. The van der Waals surface area contributed by atoms with Gasteiger partial charge in [-0.1, -0.05) is 47.7 Å². The predicted molar refractivity (Wildman–Crippen MR) is 138 cm³/mol. The first-order valence-electron chi connectivity index (χ1n) is 10.2.